The van der Waals surface area contributed by atoms with Gasteiger partial charge in [0.25, 0.3) is 0 Å². The van der Waals surface area contributed by atoms with Crippen molar-refractivity contribution in [2.24, 2.45) is 0 Å². The molecule has 0 unspecified atom stereocenters. The second kappa shape index (κ2) is 9.66. The predicted octanol–water partition coefficient (Wildman–Crippen LogP) is 2.78. The normalized spacial score (nSPS) is 13.0. The minimum atomic E-state index is -0.0458. The van der Waals surface area contributed by atoms with Crippen LogP contribution in [0.3, 0.4) is 0 Å². The molecule has 5 heteroatoms. The van der Waals surface area contributed by atoms with E-state index in [1.807, 2.05) is 5.38 Å². The number of hydrogen-bond acceptors (Lipinski definition) is 4. The summed E-state index contributed by atoms with van der Waals surface area (Å²) < 4.78 is 0. The van der Waals surface area contributed by atoms with Crippen LogP contribution in [0.5, 0.6) is 0 Å². The molecule has 1 amide bonds. The van der Waals surface area contributed by atoms with E-state index in [4.69, 9.17) is 0 Å². The molecule has 0 radical (unpaired) electrons. The van der Waals surface area contributed by atoms with E-state index >= 15 is 0 Å². The van der Waals surface area contributed by atoms with Gasteiger partial charge in [0.15, 0.2) is 0 Å². The van der Waals surface area contributed by atoms with Crippen LogP contribution in [0.2, 0.25) is 0 Å². The van der Waals surface area contributed by atoms with Crippen LogP contribution in [0.4, 0.5) is 0 Å². The number of hydrogen-bond donors (Lipinski definition) is 1. The third-order valence-corrected chi connectivity index (χ3v) is 3.96. The first kappa shape index (κ1) is 16.9. The Labute approximate surface area is 125 Å². The number of nitrogens with zero attached hydrogens (tertiary/aromatic N) is 2. The summed E-state index contributed by atoms with van der Waals surface area (Å²) in [4.78, 5) is 18.2. The molecule has 0 aliphatic rings. The summed E-state index contributed by atoms with van der Waals surface area (Å²) in [5.74, 6) is -0.0458. The Morgan fingerprint density at radius 2 is 2.25 bits per heavy atom. The monoisotopic (exact) mass is 295 g/mol. The molecule has 1 heterocycles. The predicted molar refractivity (Wildman–Crippen MR) is 85.8 cm³/mol. The van der Waals surface area contributed by atoms with Crippen molar-refractivity contribution < 1.29 is 4.79 Å². The highest BCUT2D eigenvalue weighted by atomic mass is 32.1. The molecule has 1 rings (SSSR count). The first-order valence-corrected chi connectivity index (χ1v) is 8.14. The van der Waals surface area contributed by atoms with E-state index in [1.54, 1.807) is 18.3 Å². The molecule has 0 aromatic carbocycles. The van der Waals surface area contributed by atoms with E-state index in [9.17, 15) is 4.79 Å². The highest BCUT2D eigenvalue weighted by Crippen LogP contribution is 2.05. The zero-order valence-electron chi connectivity index (χ0n) is 12.6. The first-order valence-electron chi connectivity index (χ1n) is 7.26. The number of carbonyl (C=O) groups is 1. The van der Waals surface area contributed by atoms with Crippen LogP contribution >= 0.6 is 11.3 Å². The van der Waals surface area contributed by atoms with Gasteiger partial charge in [-0.2, -0.15) is 0 Å². The Bertz CT molecular complexity index is 399. The Balaban J connectivity index is 2.21. The lowest BCUT2D eigenvalue weighted by molar-refractivity contribution is -0.117. The van der Waals surface area contributed by atoms with Crippen LogP contribution in [0, 0.1) is 0 Å². The molecule has 1 N–H and O–H groups in total. The molecule has 0 fully saturated rings. The topological polar surface area (TPSA) is 45.2 Å². The Morgan fingerprint density at radius 1 is 1.50 bits per heavy atom. The summed E-state index contributed by atoms with van der Waals surface area (Å²) in [5, 5.41) is 5.74. The highest BCUT2D eigenvalue weighted by molar-refractivity contribution is 7.10. The smallest absolute Gasteiger partial charge is 0.244 e. The van der Waals surface area contributed by atoms with E-state index in [-0.39, 0.29) is 11.9 Å². The van der Waals surface area contributed by atoms with E-state index < -0.39 is 0 Å². The largest absolute Gasteiger partial charge is 0.350 e. The molecule has 0 saturated heterocycles. The fraction of sp³-hybridized carbons (Fsp3) is 0.600. The molecular formula is C15H25N3OS. The molecule has 1 aromatic heterocycles. The minimum Gasteiger partial charge on any atom is -0.350 e. The van der Waals surface area contributed by atoms with Gasteiger partial charge in [0, 0.05) is 23.7 Å². The number of rotatable bonds is 9. The molecule has 4 nitrogen and oxygen atoms in total. The van der Waals surface area contributed by atoms with Gasteiger partial charge in [0.1, 0.15) is 5.01 Å². The van der Waals surface area contributed by atoms with Crippen molar-refractivity contribution >= 4 is 23.3 Å². The van der Waals surface area contributed by atoms with Crippen LogP contribution in [-0.2, 0) is 4.79 Å². The molecule has 0 bridgehead atoms. The van der Waals surface area contributed by atoms with Gasteiger partial charge in [-0.15, -0.1) is 11.3 Å². The van der Waals surface area contributed by atoms with E-state index in [1.165, 1.54) is 11.3 Å². The van der Waals surface area contributed by atoms with Crippen molar-refractivity contribution in [3.8, 4) is 0 Å². The van der Waals surface area contributed by atoms with Gasteiger partial charge < -0.3 is 10.2 Å². The van der Waals surface area contributed by atoms with E-state index in [2.05, 4.69) is 36.0 Å². The van der Waals surface area contributed by atoms with Crippen LogP contribution < -0.4 is 5.32 Å². The second-order valence-corrected chi connectivity index (χ2v) is 5.71. The average molecular weight is 295 g/mol. The fourth-order valence-electron chi connectivity index (χ4n) is 1.99. The molecule has 1 aromatic rings. The molecule has 112 valence electrons. The molecule has 0 aliphatic carbocycles. The van der Waals surface area contributed by atoms with Gasteiger partial charge in [0.2, 0.25) is 5.91 Å². The van der Waals surface area contributed by atoms with Crippen molar-refractivity contribution in [3.05, 3.63) is 22.7 Å². The van der Waals surface area contributed by atoms with Gasteiger partial charge in [-0.3, -0.25) is 4.79 Å². The number of nitrogens with one attached hydrogen (secondary N) is 1. The summed E-state index contributed by atoms with van der Waals surface area (Å²) in [6.07, 6.45) is 7.16. The van der Waals surface area contributed by atoms with E-state index in [0.717, 1.165) is 37.5 Å². The van der Waals surface area contributed by atoms with Crippen LogP contribution in [0.15, 0.2) is 17.7 Å². The molecule has 0 aliphatic heterocycles. The third kappa shape index (κ3) is 6.82. The quantitative estimate of drug-likeness (QED) is 0.713. The van der Waals surface area contributed by atoms with E-state index in [0.29, 0.717) is 0 Å². The number of thiazole rings is 1. The average Bonchev–Trinajstić information content (AvgIpc) is 2.94. The molecule has 1 atom stereocenters. The van der Waals surface area contributed by atoms with Crippen LogP contribution in [0.25, 0.3) is 6.08 Å². The Kier molecular flexibility index (Phi) is 8.14. The van der Waals surface area contributed by atoms with Gasteiger partial charge in [-0.25, -0.2) is 4.98 Å². The summed E-state index contributed by atoms with van der Waals surface area (Å²) in [7, 11) is 0. The standard InChI is InChI=1S/C15H25N3OS/c1-4-18(5-2)11-6-7-13(3)17-14(19)8-9-15-16-10-12-20-15/h8-10,12-13H,4-7,11H2,1-3H3,(H,17,19)/b9-8+/t13-/m0/s1. The van der Waals surface area contributed by atoms with Crippen molar-refractivity contribution in [1.82, 2.24) is 15.2 Å². The zero-order valence-corrected chi connectivity index (χ0v) is 13.4. The first-order chi connectivity index (χ1) is 9.65. The van der Waals surface area contributed by atoms with Gasteiger partial charge >= 0.3 is 0 Å². The number of carbonyl (C=O) groups excluding carboxylic acids is 1. The summed E-state index contributed by atoms with van der Waals surface area (Å²) in [5.41, 5.74) is 0. The zero-order chi connectivity index (χ0) is 14.8. The maximum Gasteiger partial charge on any atom is 0.244 e. The fourth-order valence-corrected chi connectivity index (χ4v) is 2.52. The van der Waals surface area contributed by atoms with Crippen LogP contribution in [0.1, 0.15) is 38.6 Å². The minimum absolute atomic E-state index is 0.0458. The second-order valence-electron chi connectivity index (χ2n) is 4.78. The lowest BCUT2D eigenvalue weighted by atomic mass is 10.1. The number of aromatic nitrogens is 1. The lowest BCUT2D eigenvalue weighted by Gasteiger charge is -2.19. The van der Waals surface area contributed by atoms with Crippen molar-refractivity contribution in [3.63, 3.8) is 0 Å². The van der Waals surface area contributed by atoms with Crippen molar-refractivity contribution in [2.75, 3.05) is 19.6 Å². The van der Waals surface area contributed by atoms with Gasteiger partial charge in [-0.05, 0) is 45.5 Å². The van der Waals surface area contributed by atoms with Crippen molar-refractivity contribution in [1.29, 1.82) is 0 Å². The molecule has 0 spiro atoms. The Morgan fingerprint density at radius 3 is 2.85 bits per heavy atom. The maximum atomic E-state index is 11.7. The number of amides is 1. The maximum absolute atomic E-state index is 11.7. The lowest BCUT2D eigenvalue weighted by Crippen LogP contribution is -2.32. The highest BCUT2D eigenvalue weighted by Gasteiger charge is 2.06. The third-order valence-electron chi connectivity index (χ3n) is 3.22. The van der Waals surface area contributed by atoms with Gasteiger partial charge in [-0.1, -0.05) is 13.8 Å². The molecular weight excluding hydrogens is 270 g/mol. The molecule has 0 saturated carbocycles. The van der Waals surface area contributed by atoms with Crippen LogP contribution in [-0.4, -0.2) is 41.5 Å². The molecule has 20 heavy (non-hydrogen) atoms. The summed E-state index contributed by atoms with van der Waals surface area (Å²) in [6, 6.07) is 0.207. The Hall–Kier alpha value is -1.20. The van der Waals surface area contributed by atoms with Gasteiger partial charge in [0.05, 0.1) is 0 Å². The summed E-state index contributed by atoms with van der Waals surface area (Å²) >= 11 is 1.52. The van der Waals surface area contributed by atoms with Crippen molar-refractivity contribution in [2.45, 2.75) is 39.7 Å². The SMILES string of the molecule is CCN(CC)CCC[C@H](C)NC(=O)/C=C/c1nccs1. The summed E-state index contributed by atoms with van der Waals surface area (Å²) in [6.45, 7) is 9.69.